The Morgan fingerprint density at radius 2 is 1.27 bits per heavy atom. The van der Waals surface area contributed by atoms with E-state index in [2.05, 4.69) is 48.4 Å². The molecule has 0 heterocycles. The van der Waals surface area contributed by atoms with Crippen LogP contribution in [0.15, 0.2) is 78.9 Å². The van der Waals surface area contributed by atoms with Gasteiger partial charge in [-0.15, -0.1) is 0 Å². The van der Waals surface area contributed by atoms with E-state index in [1.807, 2.05) is 48.5 Å². The van der Waals surface area contributed by atoms with Gasteiger partial charge in [-0.2, -0.15) is 0 Å². The van der Waals surface area contributed by atoms with Crippen LogP contribution in [0.3, 0.4) is 0 Å². The van der Waals surface area contributed by atoms with Gasteiger partial charge in [-0.25, -0.2) is 8.42 Å². The largest absolute Gasteiger partial charge is 1.00 e. The number of rotatable bonds is 9. The average Bonchev–Trinajstić information content (AvgIpc) is 2.76. The van der Waals surface area contributed by atoms with E-state index in [-0.39, 0.29) is 69.5 Å². The first-order chi connectivity index (χ1) is 14.3. The maximum Gasteiger partial charge on any atom is 1.00 e. The standard InChI is InChI=1S/C24H26O5S.2CH4.Na/c1-18(20-9-5-3-6-10-20)22-13-14-23(19(2)21-11-7-4-8-12-21)24(17-22)28-15-16-29-30(25,26)27;;;/h3-14,17-19H,15-16H2,1-2H3,(H,25,26,27);2*1H4;/q;;;+1/p-1. The molecule has 5 nitrogen and oxygen atoms in total. The SMILES string of the molecule is C.C.CC(c1ccccc1)c1ccc(C(C)c2ccccc2)c(OCCOS(=O)(=O)[O-])c1.[Na+]. The minimum Gasteiger partial charge on any atom is -0.726 e. The molecule has 174 valence electrons. The summed E-state index contributed by atoms with van der Waals surface area (Å²) in [5.74, 6) is 0.887. The second kappa shape index (κ2) is 14.6. The van der Waals surface area contributed by atoms with Crippen molar-refractivity contribution in [2.24, 2.45) is 0 Å². The fourth-order valence-corrected chi connectivity index (χ4v) is 3.72. The first-order valence-electron chi connectivity index (χ1n) is 9.82. The molecule has 33 heavy (non-hydrogen) atoms. The number of benzene rings is 3. The van der Waals surface area contributed by atoms with Crippen LogP contribution >= 0.6 is 0 Å². The topological polar surface area (TPSA) is 75.7 Å². The third-order valence-electron chi connectivity index (χ3n) is 5.17. The Morgan fingerprint density at radius 3 is 1.79 bits per heavy atom. The Labute approximate surface area is 221 Å². The van der Waals surface area contributed by atoms with Gasteiger partial charge in [0, 0.05) is 17.4 Å². The molecule has 0 spiro atoms. The fourth-order valence-electron chi connectivity index (χ4n) is 3.45. The summed E-state index contributed by atoms with van der Waals surface area (Å²) < 4.78 is 42.2. The Hall–Kier alpha value is -1.67. The molecule has 0 aromatic heterocycles. The minimum absolute atomic E-state index is 0. The summed E-state index contributed by atoms with van der Waals surface area (Å²) in [6.45, 7) is 3.85. The van der Waals surface area contributed by atoms with Gasteiger partial charge in [0.15, 0.2) is 0 Å². The molecule has 3 aromatic rings. The van der Waals surface area contributed by atoms with Gasteiger partial charge in [0.25, 0.3) is 0 Å². The molecule has 3 aromatic carbocycles. The molecule has 0 bridgehead atoms. The van der Waals surface area contributed by atoms with E-state index in [0.29, 0.717) is 5.75 Å². The zero-order chi connectivity index (χ0) is 21.6. The molecule has 0 saturated heterocycles. The summed E-state index contributed by atoms with van der Waals surface area (Å²) in [6.07, 6.45) is 0. The van der Waals surface area contributed by atoms with E-state index in [1.54, 1.807) is 0 Å². The molecular formula is C26H33NaO5S. The van der Waals surface area contributed by atoms with Crippen LogP contribution in [0.1, 0.15) is 62.8 Å². The van der Waals surface area contributed by atoms with E-state index in [9.17, 15) is 13.0 Å². The zero-order valence-electron chi connectivity index (χ0n) is 18.0. The van der Waals surface area contributed by atoms with Crippen LogP contribution in [-0.2, 0) is 14.6 Å². The molecule has 0 aliphatic heterocycles. The van der Waals surface area contributed by atoms with Crippen molar-refractivity contribution >= 4 is 10.4 Å². The van der Waals surface area contributed by atoms with Crippen LogP contribution in [0.5, 0.6) is 5.75 Å². The maximum atomic E-state index is 10.7. The predicted octanol–water partition coefficient (Wildman–Crippen LogP) is 3.12. The van der Waals surface area contributed by atoms with Crippen LogP contribution < -0.4 is 34.3 Å². The predicted molar refractivity (Wildman–Crippen MR) is 129 cm³/mol. The second-order valence-electron chi connectivity index (χ2n) is 7.14. The van der Waals surface area contributed by atoms with Gasteiger partial charge in [0.2, 0.25) is 10.4 Å². The Kier molecular flexibility index (Phi) is 13.8. The van der Waals surface area contributed by atoms with E-state index in [4.69, 9.17) is 4.74 Å². The van der Waals surface area contributed by atoms with Crippen LogP contribution in [0.2, 0.25) is 0 Å². The molecule has 0 aliphatic carbocycles. The van der Waals surface area contributed by atoms with Gasteiger partial charge in [-0.3, -0.25) is 4.18 Å². The van der Waals surface area contributed by atoms with E-state index in [0.717, 1.165) is 16.7 Å². The third kappa shape index (κ3) is 9.24. The summed E-state index contributed by atoms with van der Waals surface area (Å²) in [4.78, 5) is 0. The second-order valence-corrected chi connectivity index (χ2v) is 8.19. The van der Waals surface area contributed by atoms with E-state index < -0.39 is 10.4 Å². The summed E-state index contributed by atoms with van der Waals surface area (Å²) in [7, 11) is -4.74. The van der Waals surface area contributed by atoms with Crippen molar-refractivity contribution in [2.45, 2.75) is 40.5 Å². The van der Waals surface area contributed by atoms with E-state index >= 15 is 0 Å². The van der Waals surface area contributed by atoms with Crippen molar-refractivity contribution in [3.05, 3.63) is 101 Å². The van der Waals surface area contributed by atoms with Crippen molar-refractivity contribution in [1.82, 2.24) is 0 Å². The molecule has 0 N–H and O–H groups in total. The summed E-state index contributed by atoms with van der Waals surface area (Å²) in [6, 6.07) is 26.4. The van der Waals surface area contributed by atoms with E-state index in [1.165, 1.54) is 5.56 Å². The number of hydrogen-bond donors (Lipinski definition) is 0. The smallest absolute Gasteiger partial charge is 0.726 e. The summed E-state index contributed by atoms with van der Waals surface area (Å²) in [5.41, 5.74) is 4.39. The van der Waals surface area contributed by atoms with Crippen molar-refractivity contribution in [3.8, 4) is 5.75 Å². The fraction of sp³-hybridized carbons (Fsp3) is 0.308. The first kappa shape index (κ1) is 31.3. The third-order valence-corrected chi connectivity index (χ3v) is 5.63. The Balaban J connectivity index is 0.00000341. The van der Waals surface area contributed by atoms with Crippen LogP contribution in [0.25, 0.3) is 0 Å². The molecular weight excluding hydrogens is 447 g/mol. The number of hydrogen-bond acceptors (Lipinski definition) is 5. The van der Waals surface area contributed by atoms with Gasteiger partial charge < -0.3 is 9.29 Å². The number of ether oxygens (including phenoxy) is 1. The molecule has 2 unspecified atom stereocenters. The Morgan fingerprint density at radius 1 is 0.758 bits per heavy atom. The van der Waals surface area contributed by atoms with Crippen LogP contribution in [0.4, 0.5) is 0 Å². The van der Waals surface area contributed by atoms with Crippen molar-refractivity contribution in [1.29, 1.82) is 0 Å². The van der Waals surface area contributed by atoms with Gasteiger partial charge in [0.05, 0.1) is 6.61 Å². The van der Waals surface area contributed by atoms with Gasteiger partial charge in [-0.1, -0.05) is 101 Å². The molecule has 0 fully saturated rings. The molecule has 3 rings (SSSR count). The van der Waals surface area contributed by atoms with Crippen LogP contribution in [-0.4, -0.2) is 26.2 Å². The molecule has 7 heteroatoms. The maximum absolute atomic E-state index is 10.7. The van der Waals surface area contributed by atoms with Crippen molar-refractivity contribution in [2.75, 3.05) is 13.2 Å². The zero-order valence-corrected chi connectivity index (χ0v) is 20.8. The molecule has 0 aliphatic rings. The summed E-state index contributed by atoms with van der Waals surface area (Å²) >= 11 is 0. The first-order valence-corrected chi connectivity index (χ1v) is 11.2. The normalized spacial score (nSPS) is 12.3. The van der Waals surface area contributed by atoms with Crippen molar-refractivity contribution < 1.29 is 51.4 Å². The van der Waals surface area contributed by atoms with Gasteiger partial charge >= 0.3 is 29.6 Å². The molecule has 2 atom stereocenters. The average molecular weight is 481 g/mol. The van der Waals surface area contributed by atoms with Gasteiger partial charge in [0.1, 0.15) is 12.4 Å². The molecule has 0 saturated carbocycles. The monoisotopic (exact) mass is 480 g/mol. The van der Waals surface area contributed by atoms with Gasteiger partial charge in [-0.05, 0) is 22.8 Å². The molecule has 0 radical (unpaired) electrons. The molecule has 0 amide bonds. The van der Waals surface area contributed by atoms with Crippen molar-refractivity contribution in [3.63, 3.8) is 0 Å². The Bertz CT molecular complexity index is 1060. The quantitative estimate of drug-likeness (QED) is 0.204. The minimum atomic E-state index is -4.74. The van der Waals surface area contributed by atoms with Crippen LogP contribution in [0, 0.1) is 0 Å². The summed E-state index contributed by atoms with van der Waals surface area (Å²) in [5, 5.41) is 0.